The van der Waals surface area contributed by atoms with Gasteiger partial charge in [0.2, 0.25) is 0 Å². The largest absolute Gasteiger partial charge is 0.421 e. The molecule has 0 amide bonds. The van der Waals surface area contributed by atoms with E-state index in [0.717, 1.165) is 6.54 Å². The van der Waals surface area contributed by atoms with Crippen molar-refractivity contribution in [2.75, 3.05) is 12.3 Å². The predicted molar refractivity (Wildman–Crippen MR) is 90.4 cm³/mol. The summed E-state index contributed by atoms with van der Waals surface area (Å²) in [6.45, 7) is 3.60. The average Bonchev–Trinajstić information content (AvgIpc) is 2.85. The molecule has 0 radical (unpaired) electrons. The van der Waals surface area contributed by atoms with Gasteiger partial charge in [0.1, 0.15) is 0 Å². The van der Waals surface area contributed by atoms with Gasteiger partial charge in [-0.15, -0.1) is 0 Å². The molecule has 2 heterocycles. The Balaban J connectivity index is 1.62. The molecule has 1 saturated carbocycles. The maximum Gasteiger partial charge on any atom is 0.421 e. The van der Waals surface area contributed by atoms with E-state index in [2.05, 4.69) is 29.0 Å². The Labute approximate surface area is 134 Å². The van der Waals surface area contributed by atoms with Gasteiger partial charge in [0.15, 0.2) is 11.2 Å². The minimum atomic E-state index is -0.321. The summed E-state index contributed by atoms with van der Waals surface area (Å²) in [5.41, 5.74) is 1.20. The van der Waals surface area contributed by atoms with Gasteiger partial charge >= 0.3 is 5.76 Å². The zero-order chi connectivity index (χ0) is 15.4. The second kappa shape index (κ2) is 7.33. The first-order valence-corrected chi connectivity index (χ1v) is 9.14. The van der Waals surface area contributed by atoms with E-state index in [4.69, 9.17) is 4.42 Å². The molecule has 0 aliphatic heterocycles. The Morgan fingerprint density at radius 2 is 2.32 bits per heavy atom. The zero-order valence-corrected chi connectivity index (χ0v) is 13.8. The van der Waals surface area contributed by atoms with Crippen LogP contribution < -0.4 is 11.1 Å². The van der Waals surface area contributed by atoms with Crippen LogP contribution in [0.4, 0.5) is 0 Å². The molecule has 2 atom stereocenters. The quantitative estimate of drug-likeness (QED) is 0.886. The van der Waals surface area contributed by atoms with Gasteiger partial charge in [-0.25, -0.2) is 9.78 Å². The van der Waals surface area contributed by atoms with Crippen LogP contribution in [0.1, 0.15) is 32.6 Å². The van der Waals surface area contributed by atoms with E-state index < -0.39 is 0 Å². The molecule has 0 unspecified atom stereocenters. The van der Waals surface area contributed by atoms with Crippen LogP contribution in [0.3, 0.4) is 0 Å². The molecular weight excluding hydrogens is 298 g/mol. The summed E-state index contributed by atoms with van der Waals surface area (Å²) in [6, 6.07) is 4.12. The minimum Gasteiger partial charge on any atom is -0.406 e. The molecule has 6 heteroatoms. The van der Waals surface area contributed by atoms with Gasteiger partial charge in [-0.3, -0.25) is 4.57 Å². The highest BCUT2D eigenvalue weighted by molar-refractivity contribution is 7.99. The van der Waals surface area contributed by atoms with E-state index in [1.54, 1.807) is 22.9 Å². The normalized spacial score (nSPS) is 22.2. The SMILES string of the molecule is CCS[C@H]1CCCC[C@H]1NCCn1c(=O)oc2cccnc21. The first kappa shape index (κ1) is 15.6. The van der Waals surface area contributed by atoms with E-state index >= 15 is 0 Å². The molecule has 0 saturated heterocycles. The van der Waals surface area contributed by atoms with E-state index in [0.29, 0.717) is 29.1 Å². The second-order valence-electron chi connectivity index (χ2n) is 5.68. The standard InChI is InChI=1S/C16H23N3O2S/c1-2-22-14-8-4-3-6-12(14)17-10-11-19-15-13(21-16(19)20)7-5-9-18-15/h5,7,9,12,14,17H,2-4,6,8,10-11H2,1H3/t12-,14+/m1/s1. The van der Waals surface area contributed by atoms with E-state index in [1.807, 2.05) is 0 Å². The lowest BCUT2D eigenvalue weighted by molar-refractivity contribution is 0.374. The molecule has 22 heavy (non-hydrogen) atoms. The number of rotatable bonds is 6. The van der Waals surface area contributed by atoms with E-state index in [9.17, 15) is 4.79 Å². The number of fused-ring (bicyclic) bond motifs is 1. The summed E-state index contributed by atoms with van der Waals surface area (Å²) >= 11 is 2.05. The number of hydrogen-bond donors (Lipinski definition) is 1. The number of pyridine rings is 1. The number of aromatic nitrogens is 2. The monoisotopic (exact) mass is 321 g/mol. The topological polar surface area (TPSA) is 60.1 Å². The fourth-order valence-electron chi connectivity index (χ4n) is 3.20. The Hall–Kier alpha value is -1.27. The van der Waals surface area contributed by atoms with Gasteiger partial charge in [-0.1, -0.05) is 19.8 Å². The van der Waals surface area contributed by atoms with Crippen molar-refractivity contribution in [3.63, 3.8) is 0 Å². The number of thioether (sulfide) groups is 1. The molecule has 0 bridgehead atoms. The predicted octanol–water partition coefficient (Wildman–Crippen LogP) is 2.64. The summed E-state index contributed by atoms with van der Waals surface area (Å²) < 4.78 is 6.83. The first-order valence-electron chi connectivity index (χ1n) is 8.09. The lowest BCUT2D eigenvalue weighted by atomic mass is 9.95. The highest BCUT2D eigenvalue weighted by Crippen LogP contribution is 2.28. The van der Waals surface area contributed by atoms with Crippen LogP contribution in [0.15, 0.2) is 27.5 Å². The van der Waals surface area contributed by atoms with Crippen molar-refractivity contribution >= 4 is 23.0 Å². The molecule has 1 N–H and O–H groups in total. The van der Waals surface area contributed by atoms with E-state index in [1.165, 1.54) is 31.4 Å². The van der Waals surface area contributed by atoms with Crippen LogP contribution in [0, 0.1) is 0 Å². The molecule has 120 valence electrons. The summed E-state index contributed by atoms with van der Waals surface area (Å²) in [7, 11) is 0. The third-order valence-electron chi connectivity index (χ3n) is 4.25. The van der Waals surface area contributed by atoms with Crippen LogP contribution in [-0.4, -0.2) is 33.1 Å². The molecule has 0 aromatic carbocycles. The van der Waals surface area contributed by atoms with E-state index in [-0.39, 0.29) is 5.76 Å². The third-order valence-corrected chi connectivity index (χ3v) is 5.58. The lowest BCUT2D eigenvalue weighted by Gasteiger charge is -2.31. The van der Waals surface area contributed by atoms with Crippen LogP contribution in [0.5, 0.6) is 0 Å². The van der Waals surface area contributed by atoms with Crippen molar-refractivity contribution in [3.8, 4) is 0 Å². The van der Waals surface area contributed by atoms with Gasteiger partial charge in [0, 0.05) is 30.6 Å². The number of hydrogen-bond acceptors (Lipinski definition) is 5. The Morgan fingerprint density at radius 1 is 1.45 bits per heavy atom. The molecule has 1 aliphatic rings. The van der Waals surface area contributed by atoms with Crippen molar-refractivity contribution in [2.45, 2.75) is 50.4 Å². The van der Waals surface area contributed by atoms with Gasteiger partial charge in [-0.05, 0) is 30.7 Å². The molecule has 0 spiro atoms. The fraction of sp³-hybridized carbons (Fsp3) is 0.625. The Kier molecular flexibility index (Phi) is 5.20. The maximum absolute atomic E-state index is 11.9. The number of nitrogens with zero attached hydrogens (tertiary/aromatic N) is 2. The summed E-state index contributed by atoms with van der Waals surface area (Å²) in [5, 5.41) is 4.34. The number of oxazole rings is 1. The summed E-state index contributed by atoms with van der Waals surface area (Å²) in [5.74, 6) is 0.845. The number of nitrogens with one attached hydrogen (secondary N) is 1. The molecule has 5 nitrogen and oxygen atoms in total. The third kappa shape index (κ3) is 3.38. The maximum atomic E-state index is 11.9. The first-order chi connectivity index (χ1) is 10.8. The van der Waals surface area contributed by atoms with Crippen LogP contribution in [-0.2, 0) is 6.54 Å². The van der Waals surface area contributed by atoms with Crippen molar-refractivity contribution in [1.82, 2.24) is 14.9 Å². The van der Waals surface area contributed by atoms with Crippen LogP contribution >= 0.6 is 11.8 Å². The van der Waals surface area contributed by atoms with Gasteiger partial charge in [-0.2, -0.15) is 11.8 Å². The minimum absolute atomic E-state index is 0.321. The zero-order valence-electron chi connectivity index (χ0n) is 13.0. The average molecular weight is 321 g/mol. The highest BCUT2D eigenvalue weighted by atomic mass is 32.2. The molecule has 2 aromatic heterocycles. The molecule has 1 fully saturated rings. The Morgan fingerprint density at radius 3 is 3.18 bits per heavy atom. The van der Waals surface area contributed by atoms with Crippen molar-refractivity contribution < 1.29 is 4.42 Å². The summed E-state index contributed by atoms with van der Waals surface area (Å²) in [4.78, 5) is 16.2. The highest BCUT2D eigenvalue weighted by Gasteiger charge is 2.24. The Bertz CT molecular complexity index is 665. The molecule has 1 aliphatic carbocycles. The van der Waals surface area contributed by atoms with Crippen molar-refractivity contribution in [3.05, 3.63) is 28.9 Å². The van der Waals surface area contributed by atoms with Gasteiger partial charge in [0.25, 0.3) is 0 Å². The second-order valence-corrected chi connectivity index (χ2v) is 7.20. The molecular formula is C16H23N3O2S. The van der Waals surface area contributed by atoms with Gasteiger partial charge < -0.3 is 9.73 Å². The fourth-order valence-corrected chi connectivity index (χ4v) is 4.43. The molecule has 3 rings (SSSR count). The van der Waals surface area contributed by atoms with Crippen LogP contribution in [0.2, 0.25) is 0 Å². The van der Waals surface area contributed by atoms with Crippen LogP contribution in [0.25, 0.3) is 11.2 Å². The molecule has 2 aromatic rings. The summed E-state index contributed by atoms with van der Waals surface area (Å²) in [6.07, 6.45) is 6.86. The van der Waals surface area contributed by atoms with Gasteiger partial charge in [0.05, 0.1) is 0 Å². The lowest BCUT2D eigenvalue weighted by Crippen LogP contribution is -2.42. The van der Waals surface area contributed by atoms with Crippen molar-refractivity contribution in [2.24, 2.45) is 0 Å². The van der Waals surface area contributed by atoms with Crippen molar-refractivity contribution in [1.29, 1.82) is 0 Å². The smallest absolute Gasteiger partial charge is 0.406 e.